The van der Waals surface area contributed by atoms with Crippen LogP contribution in [0.4, 0.5) is 0 Å². The van der Waals surface area contributed by atoms with Crippen molar-refractivity contribution in [2.45, 2.75) is 13.0 Å². The lowest BCUT2D eigenvalue weighted by Crippen LogP contribution is -2.17. The number of methoxy groups -OCH3 is 1. The molecule has 0 amide bonds. The van der Waals surface area contributed by atoms with Crippen LogP contribution in [0, 0.1) is 0 Å². The second-order valence-corrected chi connectivity index (χ2v) is 4.13. The number of halogens is 1. The quantitative estimate of drug-likeness (QED) is 0.786. The van der Waals surface area contributed by atoms with Crippen LogP contribution in [-0.2, 0) is 11.3 Å². The monoisotopic (exact) mass is 287 g/mol. The average molecular weight is 288 g/mol. The van der Waals surface area contributed by atoms with E-state index in [1.807, 2.05) is 18.2 Å². The number of benzene rings is 1. The van der Waals surface area contributed by atoms with Crippen molar-refractivity contribution < 1.29 is 14.6 Å². The second-order valence-electron chi connectivity index (χ2n) is 3.28. The molecule has 16 heavy (non-hydrogen) atoms. The molecule has 0 fully saturated rings. The van der Waals surface area contributed by atoms with Crippen LogP contribution in [-0.4, -0.2) is 24.7 Å². The molecule has 0 bridgehead atoms. The first kappa shape index (κ1) is 13.0. The van der Waals surface area contributed by atoms with Crippen LogP contribution in [0.2, 0.25) is 0 Å². The third kappa shape index (κ3) is 4.20. The Kier molecular flexibility index (Phi) is 5.28. The molecular weight excluding hydrogens is 274 g/mol. The zero-order chi connectivity index (χ0) is 12.0. The summed E-state index contributed by atoms with van der Waals surface area (Å²) < 4.78 is 6.09. The molecule has 0 heterocycles. The molecule has 0 aromatic heterocycles. The van der Waals surface area contributed by atoms with Gasteiger partial charge in [0.1, 0.15) is 5.75 Å². The van der Waals surface area contributed by atoms with Gasteiger partial charge in [-0.3, -0.25) is 4.79 Å². The lowest BCUT2D eigenvalue weighted by molar-refractivity contribution is -0.136. The van der Waals surface area contributed by atoms with E-state index in [1.54, 1.807) is 7.11 Å². The molecule has 0 aliphatic heterocycles. The second kappa shape index (κ2) is 6.50. The molecule has 0 saturated heterocycles. The van der Waals surface area contributed by atoms with Crippen molar-refractivity contribution in [3.05, 3.63) is 28.2 Å². The molecule has 0 aliphatic rings. The van der Waals surface area contributed by atoms with E-state index in [0.29, 0.717) is 13.1 Å². The van der Waals surface area contributed by atoms with Gasteiger partial charge in [-0.25, -0.2) is 0 Å². The molecule has 0 unspecified atom stereocenters. The van der Waals surface area contributed by atoms with Gasteiger partial charge in [0.25, 0.3) is 0 Å². The van der Waals surface area contributed by atoms with Gasteiger partial charge in [0.05, 0.1) is 13.5 Å². The van der Waals surface area contributed by atoms with Gasteiger partial charge in [-0.05, 0) is 23.8 Å². The van der Waals surface area contributed by atoms with E-state index in [2.05, 4.69) is 21.2 Å². The maximum absolute atomic E-state index is 10.3. The summed E-state index contributed by atoms with van der Waals surface area (Å²) in [6, 6.07) is 5.69. The topological polar surface area (TPSA) is 58.6 Å². The van der Waals surface area contributed by atoms with Crippen LogP contribution in [0.15, 0.2) is 22.7 Å². The van der Waals surface area contributed by atoms with Crippen LogP contribution in [0.25, 0.3) is 0 Å². The van der Waals surface area contributed by atoms with Crippen LogP contribution >= 0.6 is 15.9 Å². The van der Waals surface area contributed by atoms with E-state index in [4.69, 9.17) is 9.84 Å². The molecule has 1 aromatic carbocycles. The Balaban J connectivity index is 2.49. The van der Waals surface area contributed by atoms with E-state index < -0.39 is 5.97 Å². The van der Waals surface area contributed by atoms with Crippen molar-refractivity contribution in [2.75, 3.05) is 13.7 Å². The minimum absolute atomic E-state index is 0.127. The van der Waals surface area contributed by atoms with Crippen LogP contribution < -0.4 is 10.1 Å². The number of hydrogen-bond acceptors (Lipinski definition) is 3. The summed E-state index contributed by atoms with van der Waals surface area (Å²) in [7, 11) is 1.62. The number of aliphatic carboxylic acids is 1. The summed E-state index contributed by atoms with van der Waals surface area (Å²) in [4.78, 5) is 10.3. The summed E-state index contributed by atoms with van der Waals surface area (Å²) in [6.45, 7) is 1.07. The molecule has 0 spiro atoms. The molecule has 4 nitrogen and oxygen atoms in total. The van der Waals surface area contributed by atoms with E-state index in [-0.39, 0.29) is 6.42 Å². The molecule has 0 saturated carbocycles. The zero-order valence-electron chi connectivity index (χ0n) is 9.00. The van der Waals surface area contributed by atoms with Crippen molar-refractivity contribution in [1.82, 2.24) is 5.32 Å². The van der Waals surface area contributed by atoms with Gasteiger partial charge in [-0.2, -0.15) is 0 Å². The van der Waals surface area contributed by atoms with Gasteiger partial charge < -0.3 is 15.2 Å². The maximum atomic E-state index is 10.3. The summed E-state index contributed by atoms with van der Waals surface area (Å²) in [5.41, 5.74) is 1.05. The molecule has 0 atom stereocenters. The molecule has 1 rings (SSSR count). The largest absolute Gasteiger partial charge is 0.497 e. The van der Waals surface area contributed by atoms with E-state index in [1.165, 1.54) is 0 Å². The fourth-order valence-corrected chi connectivity index (χ4v) is 1.62. The molecule has 2 N–H and O–H groups in total. The van der Waals surface area contributed by atoms with Crippen LogP contribution in [0.3, 0.4) is 0 Å². The third-order valence-corrected chi connectivity index (χ3v) is 2.86. The molecule has 0 radical (unpaired) electrons. The highest BCUT2D eigenvalue weighted by atomic mass is 79.9. The number of nitrogens with one attached hydrogen (secondary N) is 1. The fourth-order valence-electron chi connectivity index (χ4n) is 1.23. The minimum Gasteiger partial charge on any atom is -0.497 e. The van der Waals surface area contributed by atoms with Crippen molar-refractivity contribution in [2.24, 2.45) is 0 Å². The van der Waals surface area contributed by atoms with Gasteiger partial charge in [0.2, 0.25) is 0 Å². The van der Waals surface area contributed by atoms with Gasteiger partial charge in [-0.15, -0.1) is 0 Å². The highest BCUT2D eigenvalue weighted by Gasteiger charge is 2.02. The summed E-state index contributed by atoms with van der Waals surface area (Å²) in [5.74, 6) is -0.00422. The Morgan fingerprint density at radius 1 is 1.56 bits per heavy atom. The van der Waals surface area contributed by atoms with Gasteiger partial charge in [-0.1, -0.05) is 15.9 Å². The summed E-state index contributed by atoms with van der Waals surface area (Å²) >= 11 is 3.43. The number of hydrogen-bond donors (Lipinski definition) is 2. The average Bonchev–Trinajstić information content (AvgIpc) is 2.26. The first-order valence-electron chi connectivity index (χ1n) is 4.88. The highest BCUT2D eigenvalue weighted by molar-refractivity contribution is 9.10. The molecular formula is C11H14BrNO3. The Labute approximate surface area is 103 Å². The SMILES string of the molecule is COc1ccc(Br)c(CNCCC(=O)O)c1. The van der Waals surface area contributed by atoms with E-state index >= 15 is 0 Å². The smallest absolute Gasteiger partial charge is 0.304 e. The maximum Gasteiger partial charge on any atom is 0.304 e. The Morgan fingerprint density at radius 2 is 2.31 bits per heavy atom. The molecule has 1 aromatic rings. The zero-order valence-corrected chi connectivity index (χ0v) is 10.6. The first-order valence-corrected chi connectivity index (χ1v) is 5.67. The van der Waals surface area contributed by atoms with E-state index in [0.717, 1.165) is 15.8 Å². The number of ether oxygens (including phenoxy) is 1. The van der Waals surface area contributed by atoms with E-state index in [9.17, 15) is 4.79 Å². The Morgan fingerprint density at radius 3 is 2.94 bits per heavy atom. The third-order valence-electron chi connectivity index (χ3n) is 2.08. The fraction of sp³-hybridized carbons (Fsp3) is 0.364. The number of carbonyl (C=O) groups is 1. The molecule has 0 aliphatic carbocycles. The van der Waals surface area contributed by atoms with Crippen molar-refractivity contribution in [3.63, 3.8) is 0 Å². The lowest BCUT2D eigenvalue weighted by atomic mass is 10.2. The summed E-state index contributed by atoms with van der Waals surface area (Å²) in [5, 5.41) is 11.5. The summed E-state index contributed by atoms with van der Waals surface area (Å²) in [6.07, 6.45) is 0.127. The predicted octanol–water partition coefficient (Wildman–Crippen LogP) is 2.02. The highest BCUT2D eigenvalue weighted by Crippen LogP contribution is 2.22. The minimum atomic E-state index is -0.794. The Hall–Kier alpha value is -1.07. The normalized spacial score (nSPS) is 10.1. The number of carboxylic acid groups (broad SMARTS) is 1. The van der Waals surface area contributed by atoms with Crippen LogP contribution in [0.5, 0.6) is 5.75 Å². The van der Waals surface area contributed by atoms with Crippen molar-refractivity contribution in [3.8, 4) is 5.75 Å². The van der Waals surface area contributed by atoms with Gasteiger partial charge in [0.15, 0.2) is 0 Å². The number of carboxylic acids is 1. The van der Waals surface area contributed by atoms with Gasteiger partial charge >= 0.3 is 5.97 Å². The lowest BCUT2D eigenvalue weighted by Gasteiger charge is -2.08. The van der Waals surface area contributed by atoms with Gasteiger partial charge in [0, 0.05) is 17.6 Å². The standard InChI is InChI=1S/C11H14BrNO3/c1-16-9-2-3-10(12)8(6-9)7-13-5-4-11(14)15/h2-3,6,13H,4-5,7H2,1H3,(H,14,15). The predicted molar refractivity (Wildman–Crippen MR) is 64.7 cm³/mol. The van der Waals surface area contributed by atoms with Crippen molar-refractivity contribution >= 4 is 21.9 Å². The number of rotatable bonds is 6. The van der Waals surface area contributed by atoms with Crippen molar-refractivity contribution in [1.29, 1.82) is 0 Å². The molecule has 88 valence electrons. The first-order chi connectivity index (χ1) is 7.63. The van der Waals surface area contributed by atoms with Crippen LogP contribution in [0.1, 0.15) is 12.0 Å². The Bertz CT molecular complexity index is 368. The molecule has 5 heteroatoms.